The summed E-state index contributed by atoms with van der Waals surface area (Å²) in [7, 11) is 0. The van der Waals surface area contributed by atoms with E-state index < -0.39 is 11.7 Å². The van der Waals surface area contributed by atoms with E-state index in [2.05, 4.69) is 10.3 Å². The van der Waals surface area contributed by atoms with Crippen LogP contribution in [0.4, 0.5) is 30.2 Å². The number of alkyl halides is 3. The molecular formula is C14H10F3N3S. The van der Waals surface area contributed by atoms with Crippen molar-refractivity contribution < 1.29 is 13.2 Å². The van der Waals surface area contributed by atoms with Crippen molar-refractivity contribution in [3.63, 3.8) is 0 Å². The fourth-order valence-corrected chi connectivity index (χ4v) is 2.71. The van der Waals surface area contributed by atoms with Crippen molar-refractivity contribution in [3.05, 3.63) is 47.5 Å². The summed E-state index contributed by atoms with van der Waals surface area (Å²) >= 11 is 1.43. The maximum Gasteiger partial charge on any atom is 0.418 e. The smallest absolute Gasteiger partial charge is 0.399 e. The first-order valence-corrected chi connectivity index (χ1v) is 6.88. The highest BCUT2D eigenvalue weighted by Gasteiger charge is 2.33. The standard InChI is InChI=1S/C14H10F3N3S/c15-14(16,17)10-5-8(18)1-3-11(10)20-9-2-4-12-13(6-9)21-7-19-12/h1-7,20H,18H2. The Morgan fingerprint density at radius 3 is 2.67 bits per heavy atom. The van der Waals surface area contributed by atoms with Gasteiger partial charge < -0.3 is 11.1 Å². The van der Waals surface area contributed by atoms with Crippen LogP contribution in [-0.2, 0) is 6.18 Å². The minimum Gasteiger partial charge on any atom is -0.399 e. The predicted molar refractivity (Wildman–Crippen MR) is 78.8 cm³/mol. The third kappa shape index (κ3) is 2.78. The molecule has 1 heterocycles. The van der Waals surface area contributed by atoms with E-state index in [0.29, 0.717) is 5.69 Å². The summed E-state index contributed by atoms with van der Waals surface area (Å²) in [6, 6.07) is 8.91. The monoisotopic (exact) mass is 309 g/mol. The van der Waals surface area contributed by atoms with Crippen LogP contribution in [0, 0.1) is 0 Å². The molecule has 0 spiro atoms. The van der Waals surface area contributed by atoms with Crippen LogP contribution >= 0.6 is 11.3 Å². The third-order valence-corrected chi connectivity index (χ3v) is 3.75. The number of hydrogen-bond donors (Lipinski definition) is 2. The number of rotatable bonds is 2. The van der Waals surface area contributed by atoms with Crippen molar-refractivity contribution in [3.8, 4) is 0 Å². The zero-order valence-corrected chi connectivity index (χ0v) is 11.4. The molecule has 0 aliphatic heterocycles. The first kappa shape index (κ1) is 13.7. The zero-order valence-electron chi connectivity index (χ0n) is 10.6. The first-order chi connectivity index (χ1) is 9.93. The molecule has 3 nitrogen and oxygen atoms in total. The lowest BCUT2D eigenvalue weighted by Crippen LogP contribution is -2.09. The number of nitrogens with zero attached hydrogens (tertiary/aromatic N) is 1. The Hall–Kier alpha value is -2.28. The molecule has 0 bridgehead atoms. The molecule has 3 rings (SSSR count). The largest absolute Gasteiger partial charge is 0.418 e. The number of halogens is 3. The van der Waals surface area contributed by atoms with Crippen molar-refractivity contribution in [2.75, 3.05) is 11.1 Å². The van der Waals surface area contributed by atoms with Crippen LogP contribution in [0.3, 0.4) is 0 Å². The van der Waals surface area contributed by atoms with Crippen molar-refractivity contribution in [2.24, 2.45) is 0 Å². The Balaban J connectivity index is 2.00. The Kier molecular flexibility index (Phi) is 3.21. The molecule has 0 radical (unpaired) electrons. The molecule has 0 fully saturated rings. The van der Waals surface area contributed by atoms with E-state index >= 15 is 0 Å². The lowest BCUT2D eigenvalue weighted by molar-refractivity contribution is -0.136. The van der Waals surface area contributed by atoms with Gasteiger partial charge in [-0.3, -0.25) is 0 Å². The van der Waals surface area contributed by atoms with Gasteiger partial charge in [0.25, 0.3) is 0 Å². The lowest BCUT2D eigenvalue weighted by atomic mass is 10.1. The fourth-order valence-electron chi connectivity index (χ4n) is 1.99. The summed E-state index contributed by atoms with van der Waals surface area (Å²) in [4.78, 5) is 4.13. The molecule has 0 amide bonds. The molecule has 21 heavy (non-hydrogen) atoms. The molecule has 0 unspecified atom stereocenters. The number of fused-ring (bicyclic) bond motifs is 1. The predicted octanol–water partition coefficient (Wildman–Crippen LogP) is 4.64. The van der Waals surface area contributed by atoms with Gasteiger partial charge in [-0.15, -0.1) is 11.3 Å². The molecule has 0 aliphatic carbocycles. The van der Waals surface area contributed by atoms with Crippen molar-refractivity contribution in [1.82, 2.24) is 4.98 Å². The van der Waals surface area contributed by atoms with E-state index in [1.54, 1.807) is 23.7 Å². The van der Waals surface area contributed by atoms with Crippen LogP contribution in [0.2, 0.25) is 0 Å². The van der Waals surface area contributed by atoms with E-state index in [1.165, 1.54) is 23.5 Å². The molecule has 3 aromatic rings. The van der Waals surface area contributed by atoms with Crippen LogP contribution in [0.1, 0.15) is 5.56 Å². The number of benzene rings is 2. The quantitative estimate of drug-likeness (QED) is 0.678. The van der Waals surface area contributed by atoms with Crippen molar-refractivity contribution in [1.29, 1.82) is 0 Å². The number of aromatic nitrogens is 1. The van der Waals surface area contributed by atoms with Crippen LogP contribution in [0.15, 0.2) is 41.9 Å². The van der Waals surface area contributed by atoms with Gasteiger partial charge in [-0.1, -0.05) is 0 Å². The SMILES string of the molecule is Nc1ccc(Nc2ccc3ncsc3c2)c(C(F)(F)F)c1. The number of thiazole rings is 1. The number of hydrogen-bond acceptors (Lipinski definition) is 4. The summed E-state index contributed by atoms with van der Waals surface area (Å²) in [6.07, 6.45) is -4.47. The Bertz CT molecular complexity index is 796. The second-order valence-corrected chi connectivity index (χ2v) is 5.35. The Labute approximate surface area is 122 Å². The van der Waals surface area contributed by atoms with E-state index in [-0.39, 0.29) is 11.4 Å². The molecule has 3 N–H and O–H groups in total. The van der Waals surface area contributed by atoms with Gasteiger partial charge in [-0.25, -0.2) is 4.98 Å². The number of anilines is 3. The van der Waals surface area contributed by atoms with Crippen molar-refractivity contribution in [2.45, 2.75) is 6.18 Å². The van der Waals surface area contributed by atoms with Gasteiger partial charge >= 0.3 is 6.18 Å². The maximum absolute atomic E-state index is 13.0. The average Bonchev–Trinajstić information content (AvgIpc) is 2.87. The van der Waals surface area contributed by atoms with Crippen LogP contribution in [-0.4, -0.2) is 4.98 Å². The summed E-state index contributed by atoms with van der Waals surface area (Å²) in [5, 5.41) is 2.79. The minimum atomic E-state index is -4.47. The highest BCUT2D eigenvalue weighted by molar-refractivity contribution is 7.16. The van der Waals surface area contributed by atoms with Gasteiger partial charge in [-0.05, 0) is 36.4 Å². The molecule has 7 heteroatoms. The van der Waals surface area contributed by atoms with Gasteiger partial charge in [-0.2, -0.15) is 13.2 Å². The third-order valence-electron chi connectivity index (χ3n) is 2.96. The molecule has 0 aliphatic rings. The molecule has 2 aromatic carbocycles. The maximum atomic E-state index is 13.0. The molecule has 0 atom stereocenters. The highest BCUT2D eigenvalue weighted by Crippen LogP contribution is 2.37. The zero-order chi connectivity index (χ0) is 15.0. The second kappa shape index (κ2) is 4.92. The van der Waals surface area contributed by atoms with Crippen molar-refractivity contribution >= 4 is 38.6 Å². The number of nitrogen functional groups attached to an aromatic ring is 1. The summed E-state index contributed by atoms with van der Waals surface area (Å²) in [6.45, 7) is 0. The second-order valence-electron chi connectivity index (χ2n) is 4.46. The summed E-state index contributed by atoms with van der Waals surface area (Å²) in [5.41, 5.74) is 7.79. The van der Waals surface area contributed by atoms with Gasteiger partial charge in [0, 0.05) is 11.4 Å². The Morgan fingerprint density at radius 1 is 1.10 bits per heavy atom. The van der Waals surface area contributed by atoms with E-state index in [4.69, 9.17) is 5.73 Å². The molecule has 0 saturated carbocycles. The first-order valence-electron chi connectivity index (χ1n) is 6.00. The van der Waals surface area contributed by atoms with E-state index in [0.717, 1.165) is 16.3 Å². The van der Waals surface area contributed by atoms with Crippen LogP contribution < -0.4 is 11.1 Å². The van der Waals surface area contributed by atoms with E-state index in [9.17, 15) is 13.2 Å². The van der Waals surface area contributed by atoms with Gasteiger partial charge in [0.15, 0.2) is 0 Å². The van der Waals surface area contributed by atoms with Gasteiger partial charge in [0.05, 0.1) is 27.0 Å². The molecule has 108 valence electrons. The van der Waals surface area contributed by atoms with E-state index in [1.807, 2.05) is 0 Å². The summed E-state index contributed by atoms with van der Waals surface area (Å²) < 4.78 is 40.0. The number of nitrogens with two attached hydrogens (primary N) is 1. The van der Waals surface area contributed by atoms with Gasteiger partial charge in [0.1, 0.15) is 0 Å². The number of nitrogens with one attached hydrogen (secondary N) is 1. The molecule has 0 saturated heterocycles. The summed E-state index contributed by atoms with van der Waals surface area (Å²) in [5.74, 6) is 0. The van der Waals surface area contributed by atoms with Crippen LogP contribution in [0.5, 0.6) is 0 Å². The molecular weight excluding hydrogens is 299 g/mol. The lowest BCUT2D eigenvalue weighted by Gasteiger charge is -2.15. The normalized spacial score (nSPS) is 11.8. The molecule has 1 aromatic heterocycles. The highest BCUT2D eigenvalue weighted by atomic mass is 32.1. The Morgan fingerprint density at radius 2 is 1.90 bits per heavy atom. The minimum absolute atomic E-state index is 0.0273. The average molecular weight is 309 g/mol. The fraction of sp³-hybridized carbons (Fsp3) is 0.0714. The topological polar surface area (TPSA) is 50.9 Å². The van der Waals surface area contributed by atoms with Crippen LogP contribution in [0.25, 0.3) is 10.2 Å². The van der Waals surface area contributed by atoms with Gasteiger partial charge in [0.2, 0.25) is 0 Å².